The van der Waals surface area contributed by atoms with E-state index in [1.807, 2.05) is 0 Å². The quantitative estimate of drug-likeness (QED) is 0.111. The number of carbonyl (C=O) groups is 1. The molecule has 0 aromatic heterocycles. The van der Waals surface area contributed by atoms with Crippen LogP contribution in [0.15, 0.2) is 64.4 Å². The maximum absolute atomic E-state index is 13.6. The molecule has 2 rings (SSSR count). The minimum absolute atomic E-state index is 0. The van der Waals surface area contributed by atoms with E-state index in [4.69, 9.17) is 9.92 Å². The van der Waals surface area contributed by atoms with Crippen LogP contribution < -0.4 is 10.8 Å². The third-order valence-corrected chi connectivity index (χ3v) is 9.75. The zero-order chi connectivity index (χ0) is 26.7. The Balaban J connectivity index is -0.00000137. The van der Waals surface area contributed by atoms with Crippen LogP contribution in [0.25, 0.3) is 0 Å². The van der Waals surface area contributed by atoms with Gasteiger partial charge in [-0.1, -0.05) is 82.9 Å². The Kier molecular flexibility index (Phi) is 24.5. The minimum Gasteiger partial charge on any atom is -0.870 e. The smallest absolute Gasteiger partial charge is 0.298 e. The molecular weight excluding hydrogens is 614 g/mol. The first-order valence-electron chi connectivity index (χ1n) is 12.4. The van der Waals surface area contributed by atoms with Crippen LogP contribution in [0.3, 0.4) is 0 Å². The van der Waals surface area contributed by atoms with E-state index in [1.165, 1.54) is 62.1 Å². The van der Waals surface area contributed by atoms with Crippen LogP contribution in [0.4, 0.5) is 5.69 Å². The van der Waals surface area contributed by atoms with Crippen molar-refractivity contribution in [2.45, 2.75) is 92.3 Å². The second kappa shape index (κ2) is 21.8. The number of carboxylic acid groups (broad SMARTS) is 1. The molecule has 0 amide bonds. The van der Waals surface area contributed by atoms with Gasteiger partial charge in [0.2, 0.25) is 14.8 Å². The molecule has 2 aromatic rings. The van der Waals surface area contributed by atoms with Gasteiger partial charge in [0.15, 0.2) is 0 Å². The van der Waals surface area contributed by atoms with Crippen molar-refractivity contribution >= 4 is 31.6 Å². The largest absolute Gasteiger partial charge is 0.870 e. The van der Waals surface area contributed by atoms with Crippen molar-refractivity contribution in [2.75, 3.05) is 5.73 Å². The summed E-state index contributed by atoms with van der Waals surface area (Å²) in [5, 5.41) is 12.4. The van der Waals surface area contributed by atoms with Crippen molar-refractivity contribution in [2.24, 2.45) is 0 Å². The van der Waals surface area contributed by atoms with Crippen molar-refractivity contribution in [1.29, 1.82) is 0 Å². The molecule has 236 valence electrons. The van der Waals surface area contributed by atoms with E-state index in [1.54, 1.807) is 6.07 Å². The summed E-state index contributed by atoms with van der Waals surface area (Å²) in [6.45, 7) is 2.16. The van der Waals surface area contributed by atoms with Crippen molar-refractivity contribution < 1.29 is 74.5 Å². The average Bonchev–Trinajstić information content (AvgIpc) is 2.85. The third-order valence-electron chi connectivity index (χ3n) is 6.07. The second-order valence-electron chi connectivity index (χ2n) is 8.90. The third kappa shape index (κ3) is 12.9. The maximum Gasteiger partial charge on any atom is 0.298 e. The van der Waals surface area contributed by atoms with Crippen LogP contribution in [0.1, 0.15) is 77.6 Å². The molecule has 2 aromatic carbocycles. The first-order chi connectivity index (χ1) is 17.1. The number of carboxylic acids is 1. The van der Waals surface area contributed by atoms with Crippen molar-refractivity contribution in [1.82, 2.24) is 0 Å². The summed E-state index contributed by atoms with van der Waals surface area (Å²) in [7, 11) is -9.60. The van der Waals surface area contributed by atoms with Crippen molar-refractivity contribution in [3.05, 3.63) is 54.6 Å². The summed E-state index contributed by atoms with van der Waals surface area (Å²) in [6, 6.07) is 11.6. The molecule has 0 radical (unpaired) electrons. The van der Waals surface area contributed by atoms with E-state index in [-0.39, 0.29) is 60.6 Å². The molecule has 0 aliphatic rings. The van der Waals surface area contributed by atoms with Crippen molar-refractivity contribution in [3.63, 3.8) is 0 Å². The molecule has 0 saturated carbocycles. The number of carbonyl (C=O) groups excluding carboxylic acids is 1. The minimum atomic E-state index is -4.85. The molecule has 41 heavy (non-hydrogen) atoms. The van der Waals surface area contributed by atoms with Gasteiger partial charge in [-0.3, -0.25) is 0 Å². The number of hydrogen-bond acceptors (Lipinski definition) is 12. The molecule has 15 heteroatoms. The number of hydrogen-bond donors (Lipinski definition) is 1. The molecule has 6 N–H and O–H groups in total. The Bertz CT molecular complexity index is 1180. The SMILES string of the molecule is CCCCCCCCCCCCC(OS(=O)(=O)c1ccccc1)(C(=O)[O-])S(=O)(=O)c1ccc(N)cc1.[OH-].[OH-].[OH-].[OH-].[Ti]. The van der Waals surface area contributed by atoms with Crippen LogP contribution in [0.2, 0.25) is 0 Å². The Morgan fingerprint density at radius 1 is 0.732 bits per heavy atom. The summed E-state index contributed by atoms with van der Waals surface area (Å²) >= 11 is 0. The van der Waals surface area contributed by atoms with Gasteiger partial charge in [-0.15, -0.1) is 0 Å². The summed E-state index contributed by atoms with van der Waals surface area (Å²) < 4.78 is 58.1. The van der Waals surface area contributed by atoms with Crippen LogP contribution in [0.5, 0.6) is 0 Å². The van der Waals surface area contributed by atoms with E-state index in [0.29, 0.717) is 6.42 Å². The van der Waals surface area contributed by atoms with Crippen LogP contribution in [0, 0.1) is 0 Å². The van der Waals surface area contributed by atoms with Gasteiger partial charge in [0.05, 0.1) is 15.8 Å². The van der Waals surface area contributed by atoms with E-state index in [9.17, 15) is 26.7 Å². The fourth-order valence-electron chi connectivity index (χ4n) is 3.96. The molecule has 12 nitrogen and oxygen atoms in total. The molecule has 0 spiro atoms. The zero-order valence-corrected chi connectivity index (χ0v) is 26.2. The van der Waals surface area contributed by atoms with Gasteiger partial charge in [0, 0.05) is 27.4 Å². The Hall–Kier alpha value is -1.88. The zero-order valence-electron chi connectivity index (χ0n) is 23.0. The van der Waals surface area contributed by atoms with Crippen LogP contribution in [-0.2, 0) is 50.7 Å². The molecule has 0 aliphatic carbocycles. The summed E-state index contributed by atoms with van der Waals surface area (Å²) in [6.07, 6.45) is 8.71. The van der Waals surface area contributed by atoms with E-state index >= 15 is 0 Å². The molecule has 1 unspecified atom stereocenters. The normalized spacial score (nSPS) is 12.1. The van der Waals surface area contributed by atoms with Gasteiger partial charge < -0.3 is 37.5 Å². The first kappa shape index (κ1) is 46.1. The molecule has 0 saturated heterocycles. The van der Waals surface area contributed by atoms with E-state index in [0.717, 1.165) is 37.8 Å². The van der Waals surface area contributed by atoms with Gasteiger partial charge in [-0.25, -0.2) is 12.6 Å². The number of benzene rings is 2. The fourth-order valence-corrected chi connectivity index (χ4v) is 7.19. The fraction of sp³-hybridized carbons (Fsp3) is 0.500. The van der Waals surface area contributed by atoms with E-state index in [2.05, 4.69) is 6.92 Å². The van der Waals surface area contributed by atoms with Gasteiger partial charge in [-0.05, 0) is 49.2 Å². The van der Waals surface area contributed by atoms with Gasteiger partial charge in [-0.2, -0.15) is 8.42 Å². The molecule has 0 bridgehead atoms. The number of anilines is 1. The van der Waals surface area contributed by atoms with Crippen LogP contribution >= 0.6 is 0 Å². The molecule has 0 aliphatic heterocycles. The monoisotopic (exact) mass is 654 g/mol. The van der Waals surface area contributed by atoms with Crippen LogP contribution in [-0.4, -0.2) is 49.6 Å². The predicted octanol–water partition coefficient (Wildman–Crippen LogP) is 3.50. The number of aliphatic carboxylic acids is 1. The first-order valence-corrected chi connectivity index (χ1v) is 15.3. The molecule has 1 atom stereocenters. The molecular formula is C26H40NO11S2Ti-5. The summed E-state index contributed by atoms with van der Waals surface area (Å²) in [5.74, 6) is -2.13. The number of unbranched alkanes of at least 4 members (excludes halogenated alkanes) is 9. The number of sulfone groups is 1. The summed E-state index contributed by atoms with van der Waals surface area (Å²) in [5.41, 5.74) is 5.90. The van der Waals surface area contributed by atoms with Gasteiger partial charge in [0.25, 0.3) is 10.1 Å². The summed E-state index contributed by atoms with van der Waals surface area (Å²) in [4.78, 5) is 8.50. The molecule has 0 heterocycles. The predicted molar refractivity (Wildman–Crippen MR) is 145 cm³/mol. The number of nitrogen functional groups attached to an aromatic ring is 1. The number of rotatable bonds is 17. The Labute approximate surface area is 257 Å². The Morgan fingerprint density at radius 3 is 1.61 bits per heavy atom. The average molecular weight is 655 g/mol. The van der Waals surface area contributed by atoms with Crippen molar-refractivity contribution in [3.8, 4) is 0 Å². The van der Waals surface area contributed by atoms with Gasteiger partial charge in [0.1, 0.15) is 0 Å². The molecule has 0 fully saturated rings. The standard InChI is InChI=1S/C26H37NO7S2.4H2O.Ti/c1-2-3-4-5-6-7-8-9-10-14-21-26(25(28)29,34-36(32,33)24-15-12-11-13-16-24)35(30,31)23-19-17-22(27)18-20-23;;;;;/h11-13,15-20H,2-10,14,21,27H2,1H3,(H,28,29);4*1H2;/p-5. The van der Waals surface area contributed by atoms with E-state index < -0.39 is 42.2 Å². The second-order valence-corrected chi connectivity index (χ2v) is 12.6. The number of nitrogens with two attached hydrogens (primary N) is 1. The topological polar surface area (TPSA) is 264 Å². The Morgan fingerprint density at radius 2 is 1.17 bits per heavy atom. The van der Waals surface area contributed by atoms with Gasteiger partial charge >= 0.3 is 0 Å². The maximum atomic E-state index is 13.6.